The van der Waals surface area contributed by atoms with Crippen molar-refractivity contribution in [1.29, 1.82) is 0 Å². The van der Waals surface area contributed by atoms with Crippen LogP contribution in [-0.4, -0.2) is 6.36 Å². The Morgan fingerprint density at radius 3 is 2.35 bits per heavy atom. The second-order valence-corrected chi connectivity index (χ2v) is 5.76. The lowest BCUT2D eigenvalue weighted by Crippen LogP contribution is -2.18. The Labute approximate surface area is 133 Å². The number of halogens is 4. The highest BCUT2D eigenvalue weighted by atomic mass is 19.4. The SMILES string of the molecule is C/C=C/C=C/C1CCC(c2ccc(OC(F)(F)F)c(F)c2)CC1. The average Bonchev–Trinajstić information content (AvgIpc) is 2.49. The van der Waals surface area contributed by atoms with Gasteiger partial charge in [-0.1, -0.05) is 30.4 Å². The minimum Gasteiger partial charge on any atom is -0.403 e. The van der Waals surface area contributed by atoms with Crippen molar-refractivity contribution < 1.29 is 22.3 Å². The van der Waals surface area contributed by atoms with Gasteiger partial charge in [-0.25, -0.2) is 4.39 Å². The third kappa shape index (κ3) is 5.41. The van der Waals surface area contributed by atoms with Gasteiger partial charge in [0.1, 0.15) is 0 Å². The van der Waals surface area contributed by atoms with Gasteiger partial charge >= 0.3 is 6.36 Å². The minimum atomic E-state index is -4.88. The van der Waals surface area contributed by atoms with Gasteiger partial charge in [0, 0.05) is 0 Å². The van der Waals surface area contributed by atoms with E-state index in [1.54, 1.807) is 0 Å². The van der Waals surface area contributed by atoms with E-state index in [4.69, 9.17) is 0 Å². The van der Waals surface area contributed by atoms with Gasteiger partial charge in [0.15, 0.2) is 11.6 Å². The Morgan fingerprint density at radius 1 is 1.09 bits per heavy atom. The van der Waals surface area contributed by atoms with Crippen LogP contribution in [-0.2, 0) is 0 Å². The summed E-state index contributed by atoms with van der Waals surface area (Å²) in [7, 11) is 0. The monoisotopic (exact) mass is 328 g/mol. The Balaban J connectivity index is 1.97. The number of alkyl halides is 3. The van der Waals surface area contributed by atoms with E-state index in [0.29, 0.717) is 5.92 Å². The summed E-state index contributed by atoms with van der Waals surface area (Å²) in [5.41, 5.74) is 0.743. The molecule has 126 valence electrons. The molecule has 0 heterocycles. The van der Waals surface area contributed by atoms with E-state index >= 15 is 0 Å². The lowest BCUT2D eigenvalue weighted by molar-refractivity contribution is -0.275. The summed E-state index contributed by atoms with van der Waals surface area (Å²) in [5, 5.41) is 0. The summed E-state index contributed by atoms with van der Waals surface area (Å²) < 4.78 is 53.9. The Kier molecular flexibility index (Phi) is 5.85. The topological polar surface area (TPSA) is 9.23 Å². The van der Waals surface area contributed by atoms with Gasteiger partial charge in [0.05, 0.1) is 0 Å². The van der Waals surface area contributed by atoms with Crippen molar-refractivity contribution in [3.05, 3.63) is 53.9 Å². The number of ether oxygens (including phenoxy) is 1. The number of benzene rings is 1. The molecule has 1 aliphatic carbocycles. The molecule has 5 heteroatoms. The normalized spacial score (nSPS) is 22.8. The van der Waals surface area contributed by atoms with E-state index in [0.717, 1.165) is 37.3 Å². The molecule has 1 saturated carbocycles. The molecule has 23 heavy (non-hydrogen) atoms. The van der Waals surface area contributed by atoms with Gasteiger partial charge in [-0.15, -0.1) is 13.2 Å². The van der Waals surface area contributed by atoms with Gasteiger partial charge in [-0.2, -0.15) is 0 Å². The smallest absolute Gasteiger partial charge is 0.403 e. The molecule has 0 aromatic heterocycles. The maximum absolute atomic E-state index is 13.8. The van der Waals surface area contributed by atoms with E-state index in [1.807, 2.05) is 25.2 Å². The van der Waals surface area contributed by atoms with Crippen molar-refractivity contribution >= 4 is 0 Å². The number of allylic oxidation sites excluding steroid dienone is 4. The first-order valence-electron chi connectivity index (χ1n) is 7.73. The first-order valence-corrected chi connectivity index (χ1v) is 7.73. The van der Waals surface area contributed by atoms with Crippen molar-refractivity contribution in [3.63, 3.8) is 0 Å². The van der Waals surface area contributed by atoms with E-state index < -0.39 is 17.9 Å². The number of hydrogen-bond acceptors (Lipinski definition) is 1. The van der Waals surface area contributed by atoms with Crippen molar-refractivity contribution in [1.82, 2.24) is 0 Å². The van der Waals surface area contributed by atoms with Crippen molar-refractivity contribution in [2.45, 2.75) is 44.9 Å². The largest absolute Gasteiger partial charge is 0.573 e. The van der Waals surface area contributed by atoms with E-state index in [1.165, 1.54) is 12.1 Å². The Morgan fingerprint density at radius 2 is 1.78 bits per heavy atom. The molecule has 1 aliphatic rings. The summed E-state index contributed by atoms with van der Waals surface area (Å²) >= 11 is 0. The molecule has 0 unspecified atom stereocenters. The molecular formula is C18H20F4O. The Hall–Kier alpha value is -1.78. The van der Waals surface area contributed by atoms with Gasteiger partial charge < -0.3 is 4.74 Å². The summed E-state index contributed by atoms with van der Waals surface area (Å²) in [6, 6.07) is 3.77. The zero-order valence-corrected chi connectivity index (χ0v) is 12.9. The summed E-state index contributed by atoms with van der Waals surface area (Å²) in [4.78, 5) is 0. The highest BCUT2D eigenvalue weighted by Crippen LogP contribution is 2.38. The maximum Gasteiger partial charge on any atom is 0.573 e. The fourth-order valence-electron chi connectivity index (χ4n) is 2.96. The molecule has 0 spiro atoms. The molecule has 1 fully saturated rings. The van der Waals surface area contributed by atoms with Gasteiger partial charge in [-0.05, 0) is 62.1 Å². The van der Waals surface area contributed by atoms with Crippen LogP contribution in [0.5, 0.6) is 5.75 Å². The molecule has 1 aromatic carbocycles. The molecule has 2 rings (SSSR count). The van der Waals surface area contributed by atoms with Crippen LogP contribution in [0.1, 0.15) is 44.1 Å². The molecule has 0 N–H and O–H groups in total. The number of rotatable bonds is 4. The van der Waals surface area contributed by atoms with Crippen LogP contribution in [0, 0.1) is 11.7 Å². The molecule has 0 saturated heterocycles. The summed E-state index contributed by atoms with van der Waals surface area (Å²) in [5.74, 6) is -1.03. The lowest BCUT2D eigenvalue weighted by atomic mass is 9.78. The molecule has 1 nitrogen and oxygen atoms in total. The van der Waals surface area contributed by atoms with Crippen molar-refractivity contribution in [2.75, 3.05) is 0 Å². The standard InChI is InChI=1S/C18H20F4O/c1-2-3-4-5-13-6-8-14(9-7-13)15-10-11-17(16(19)12-15)23-18(20,21)22/h2-5,10-14H,6-9H2,1H3/b3-2+,5-4+. The van der Waals surface area contributed by atoms with Crippen LogP contribution in [0.15, 0.2) is 42.5 Å². The van der Waals surface area contributed by atoms with Crippen molar-refractivity contribution in [3.8, 4) is 5.75 Å². The quantitative estimate of drug-likeness (QED) is 0.477. The maximum atomic E-state index is 13.8. The van der Waals surface area contributed by atoms with Crippen LogP contribution in [0.25, 0.3) is 0 Å². The van der Waals surface area contributed by atoms with Crippen molar-refractivity contribution in [2.24, 2.45) is 5.92 Å². The molecule has 1 aromatic rings. The second kappa shape index (κ2) is 7.66. The van der Waals surface area contributed by atoms with Crippen LogP contribution >= 0.6 is 0 Å². The highest BCUT2D eigenvalue weighted by Gasteiger charge is 2.32. The van der Waals surface area contributed by atoms with Crippen LogP contribution < -0.4 is 4.74 Å². The molecule has 0 bridgehead atoms. The van der Waals surface area contributed by atoms with Gasteiger partial charge in [0.25, 0.3) is 0 Å². The van der Waals surface area contributed by atoms with Crippen LogP contribution in [0.4, 0.5) is 17.6 Å². The predicted octanol–water partition coefficient (Wildman–Crippen LogP) is 6.13. The third-order valence-corrected chi connectivity index (χ3v) is 4.11. The molecule has 0 amide bonds. The first-order chi connectivity index (χ1) is 10.9. The van der Waals surface area contributed by atoms with Gasteiger partial charge in [-0.3, -0.25) is 0 Å². The average molecular weight is 328 g/mol. The molecule has 0 atom stereocenters. The fraction of sp³-hybridized carbons (Fsp3) is 0.444. The molecule has 0 radical (unpaired) electrons. The van der Waals surface area contributed by atoms with E-state index in [9.17, 15) is 17.6 Å². The lowest BCUT2D eigenvalue weighted by Gasteiger charge is -2.27. The first kappa shape index (κ1) is 17.6. The van der Waals surface area contributed by atoms with Crippen LogP contribution in [0.3, 0.4) is 0 Å². The summed E-state index contributed by atoms with van der Waals surface area (Å²) in [6.07, 6.45) is 7.11. The fourth-order valence-corrected chi connectivity index (χ4v) is 2.96. The molecular weight excluding hydrogens is 308 g/mol. The third-order valence-electron chi connectivity index (χ3n) is 4.11. The van der Waals surface area contributed by atoms with E-state index in [-0.39, 0.29) is 5.92 Å². The summed E-state index contributed by atoms with van der Waals surface area (Å²) in [6.45, 7) is 1.96. The van der Waals surface area contributed by atoms with Gasteiger partial charge in [0.2, 0.25) is 0 Å². The molecule has 0 aliphatic heterocycles. The predicted molar refractivity (Wildman–Crippen MR) is 81.7 cm³/mol. The zero-order valence-electron chi connectivity index (χ0n) is 12.9. The minimum absolute atomic E-state index is 0.191. The Bertz CT molecular complexity index is 567. The second-order valence-electron chi connectivity index (χ2n) is 5.76. The number of hydrogen-bond donors (Lipinski definition) is 0. The van der Waals surface area contributed by atoms with E-state index in [2.05, 4.69) is 10.8 Å². The highest BCUT2D eigenvalue weighted by molar-refractivity contribution is 5.31. The zero-order chi connectivity index (χ0) is 16.9. The van der Waals surface area contributed by atoms with Crippen LogP contribution in [0.2, 0.25) is 0 Å².